The van der Waals surface area contributed by atoms with Crippen molar-refractivity contribution in [2.45, 2.75) is 264 Å². The van der Waals surface area contributed by atoms with Gasteiger partial charge in [0.1, 0.15) is 13.2 Å². The van der Waals surface area contributed by atoms with Crippen molar-refractivity contribution in [2.75, 3.05) is 40.9 Å². The molecule has 3 atom stereocenters. The average molecular weight is 936 g/mol. The van der Waals surface area contributed by atoms with E-state index in [0.717, 1.165) is 44.9 Å². The largest absolute Gasteiger partial charge is 0.472 e. The van der Waals surface area contributed by atoms with Gasteiger partial charge in [0.05, 0.1) is 39.9 Å². The van der Waals surface area contributed by atoms with E-state index in [-0.39, 0.29) is 19.1 Å². The first-order chi connectivity index (χ1) is 31.5. The molecule has 0 saturated carbocycles. The normalized spacial score (nSPS) is 14.4. The molecular weight excluding hydrogens is 828 g/mol. The van der Waals surface area contributed by atoms with Crippen LogP contribution in [0, 0.1) is 0 Å². The highest BCUT2D eigenvalue weighted by atomic mass is 31.2. The number of phosphoric ester groups is 1. The molecule has 0 aliphatic rings. The average Bonchev–Trinajstić information content (AvgIpc) is 3.26. The Balaban J connectivity index is 4.33. The molecule has 0 aromatic heterocycles. The molecule has 0 bridgehead atoms. The van der Waals surface area contributed by atoms with Gasteiger partial charge in [0.15, 0.2) is 0 Å². The number of nitrogens with one attached hydrogen (secondary N) is 1. The number of rotatable bonds is 50. The Labute approximate surface area is 403 Å². The number of hydrogen-bond acceptors (Lipinski definition) is 5. The Hall–Kier alpha value is -1.54. The molecule has 0 aliphatic carbocycles. The minimum Gasteiger partial charge on any atom is -0.387 e. The molecule has 0 aromatic rings. The first-order valence-electron chi connectivity index (χ1n) is 27.5. The fraction of sp³-hybridized carbons (Fsp3) is 0.839. The number of amides is 1. The molecule has 0 aromatic carbocycles. The summed E-state index contributed by atoms with van der Waals surface area (Å²) in [6.45, 7) is 4.80. The number of aliphatic hydroxyl groups is 1. The van der Waals surface area contributed by atoms with Gasteiger partial charge in [-0.25, -0.2) is 4.57 Å². The molecule has 0 fully saturated rings. The number of allylic oxidation sites excluding steroid dienone is 7. The number of nitrogens with zero attached hydrogens (tertiary/aromatic N) is 1. The quantitative estimate of drug-likeness (QED) is 0.0243. The van der Waals surface area contributed by atoms with Crippen molar-refractivity contribution < 1.29 is 32.9 Å². The Bertz CT molecular complexity index is 1200. The fourth-order valence-corrected chi connectivity index (χ4v) is 8.63. The van der Waals surface area contributed by atoms with Crippen molar-refractivity contribution in [3.63, 3.8) is 0 Å². The van der Waals surface area contributed by atoms with Gasteiger partial charge < -0.3 is 19.8 Å². The first-order valence-corrected chi connectivity index (χ1v) is 29.0. The molecule has 0 heterocycles. The van der Waals surface area contributed by atoms with E-state index in [0.29, 0.717) is 17.4 Å². The second-order valence-electron chi connectivity index (χ2n) is 19.9. The van der Waals surface area contributed by atoms with Gasteiger partial charge in [-0.05, 0) is 70.6 Å². The summed E-state index contributed by atoms with van der Waals surface area (Å²) in [5.41, 5.74) is 0. The molecule has 382 valence electrons. The number of hydrogen-bond donors (Lipinski definition) is 3. The second kappa shape index (κ2) is 47.5. The zero-order chi connectivity index (χ0) is 47.8. The van der Waals surface area contributed by atoms with E-state index < -0.39 is 20.0 Å². The molecule has 0 aliphatic heterocycles. The Morgan fingerprint density at radius 1 is 0.508 bits per heavy atom. The Kier molecular flexibility index (Phi) is 46.4. The summed E-state index contributed by atoms with van der Waals surface area (Å²) in [7, 11) is 1.55. The summed E-state index contributed by atoms with van der Waals surface area (Å²) in [6.07, 6.45) is 62.1. The molecule has 0 spiro atoms. The summed E-state index contributed by atoms with van der Waals surface area (Å²) in [5.74, 6) is -0.192. The van der Waals surface area contributed by atoms with E-state index in [1.165, 1.54) is 186 Å². The molecule has 9 heteroatoms. The predicted molar refractivity (Wildman–Crippen MR) is 281 cm³/mol. The summed E-state index contributed by atoms with van der Waals surface area (Å²) >= 11 is 0. The molecule has 1 amide bonds. The number of quaternary nitrogens is 1. The summed E-state index contributed by atoms with van der Waals surface area (Å²) in [5, 5.41) is 13.9. The van der Waals surface area contributed by atoms with Gasteiger partial charge in [0.2, 0.25) is 5.91 Å². The number of aliphatic hydroxyl groups excluding tert-OH is 1. The minimum atomic E-state index is -4.36. The van der Waals surface area contributed by atoms with Crippen LogP contribution < -0.4 is 5.32 Å². The molecule has 65 heavy (non-hydrogen) atoms. The zero-order valence-corrected chi connectivity index (χ0v) is 44.4. The highest BCUT2D eigenvalue weighted by molar-refractivity contribution is 7.47. The van der Waals surface area contributed by atoms with Crippen LogP contribution in [0.4, 0.5) is 0 Å². The van der Waals surface area contributed by atoms with Gasteiger partial charge in [-0.1, -0.05) is 223 Å². The third kappa shape index (κ3) is 50.2. The van der Waals surface area contributed by atoms with Crippen molar-refractivity contribution in [2.24, 2.45) is 0 Å². The predicted octanol–water partition coefficient (Wildman–Crippen LogP) is 16.4. The van der Waals surface area contributed by atoms with E-state index >= 15 is 0 Å². The van der Waals surface area contributed by atoms with Crippen LogP contribution in [0.25, 0.3) is 0 Å². The van der Waals surface area contributed by atoms with Crippen LogP contribution in [0.3, 0.4) is 0 Å². The second-order valence-corrected chi connectivity index (χ2v) is 21.4. The van der Waals surface area contributed by atoms with E-state index in [4.69, 9.17) is 9.05 Å². The number of carbonyl (C=O) groups excluding carboxylic acids is 1. The maximum atomic E-state index is 12.9. The maximum absolute atomic E-state index is 12.9. The van der Waals surface area contributed by atoms with Gasteiger partial charge in [-0.3, -0.25) is 13.8 Å². The fourth-order valence-electron chi connectivity index (χ4n) is 7.89. The van der Waals surface area contributed by atoms with Gasteiger partial charge in [-0.2, -0.15) is 0 Å². The topological polar surface area (TPSA) is 105 Å². The number of carbonyl (C=O) groups is 1. The summed E-state index contributed by atoms with van der Waals surface area (Å²) < 4.78 is 23.7. The molecule has 0 radical (unpaired) electrons. The highest BCUT2D eigenvalue weighted by Crippen LogP contribution is 2.43. The monoisotopic (exact) mass is 936 g/mol. The highest BCUT2D eigenvalue weighted by Gasteiger charge is 2.27. The smallest absolute Gasteiger partial charge is 0.387 e. The van der Waals surface area contributed by atoms with E-state index in [9.17, 15) is 19.4 Å². The molecule has 0 saturated heterocycles. The number of likely N-dealkylation sites (N-methyl/N-ethyl adjacent to an activating group) is 1. The minimum absolute atomic E-state index is 0.0527. The van der Waals surface area contributed by atoms with Crippen LogP contribution in [-0.4, -0.2) is 73.4 Å². The van der Waals surface area contributed by atoms with E-state index in [2.05, 4.69) is 55.6 Å². The van der Waals surface area contributed by atoms with Gasteiger partial charge in [0.25, 0.3) is 0 Å². The van der Waals surface area contributed by atoms with Crippen LogP contribution in [0.2, 0.25) is 0 Å². The van der Waals surface area contributed by atoms with Crippen LogP contribution in [0.5, 0.6) is 0 Å². The SMILES string of the molecule is CCCCCCCC/C=C\CCCCCCCCCCCC(=O)NC(COP(=O)(O)OCC[N+](C)(C)C)C(O)/C=C/CC/C=C/CC/C=C/CCCCCCCCCCCCCCCC. The Morgan fingerprint density at radius 3 is 1.23 bits per heavy atom. The lowest BCUT2D eigenvalue weighted by molar-refractivity contribution is -0.870. The molecule has 3 unspecified atom stereocenters. The molecule has 8 nitrogen and oxygen atoms in total. The van der Waals surface area contributed by atoms with Gasteiger partial charge in [-0.15, -0.1) is 0 Å². The lowest BCUT2D eigenvalue weighted by Crippen LogP contribution is -2.45. The van der Waals surface area contributed by atoms with Crippen molar-refractivity contribution >= 4 is 13.7 Å². The molecule has 0 rings (SSSR count). The van der Waals surface area contributed by atoms with Gasteiger partial charge in [0, 0.05) is 6.42 Å². The third-order valence-corrected chi connectivity index (χ3v) is 13.2. The van der Waals surface area contributed by atoms with Crippen LogP contribution in [0.15, 0.2) is 48.6 Å². The van der Waals surface area contributed by atoms with E-state index in [1.54, 1.807) is 6.08 Å². The first kappa shape index (κ1) is 63.5. The third-order valence-electron chi connectivity index (χ3n) is 12.2. The van der Waals surface area contributed by atoms with Crippen molar-refractivity contribution in [1.29, 1.82) is 0 Å². The van der Waals surface area contributed by atoms with Crippen LogP contribution in [0.1, 0.15) is 251 Å². The van der Waals surface area contributed by atoms with Crippen molar-refractivity contribution in [1.82, 2.24) is 5.32 Å². The van der Waals surface area contributed by atoms with Crippen LogP contribution >= 0.6 is 7.82 Å². The molecule has 3 N–H and O–H groups in total. The number of phosphoric acid groups is 1. The molecular formula is C56H108N2O6P+. The summed E-state index contributed by atoms with van der Waals surface area (Å²) in [4.78, 5) is 23.2. The van der Waals surface area contributed by atoms with Crippen molar-refractivity contribution in [3.8, 4) is 0 Å². The number of unbranched alkanes of at least 4 members (excludes halogenated alkanes) is 31. The van der Waals surface area contributed by atoms with Crippen LogP contribution in [-0.2, 0) is 18.4 Å². The standard InChI is InChI=1S/C56H107N2O6P/c1-6-8-10-12-14-16-18-20-22-24-26-27-28-29-30-32-33-35-37-39-41-43-45-47-49-55(59)54(53-64-65(61,62)63-52-51-58(3,4)5)57-56(60)50-48-46-44-42-40-38-36-34-31-25-23-21-19-17-15-13-11-9-7-2/h21,23,32-33,39,41,47,49,54-55,59H,6-20,22,24-31,34-38,40,42-46,48,50-53H2,1-5H3,(H-,57,60,61,62)/p+1/b23-21-,33-32+,41-39+,49-47+. The van der Waals surface area contributed by atoms with E-state index in [1.807, 2.05) is 27.2 Å². The van der Waals surface area contributed by atoms with Gasteiger partial charge >= 0.3 is 7.82 Å². The Morgan fingerprint density at radius 2 is 0.846 bits per heavy atom. The zero-order valence-electron chi connectivity index (χ0n) is 43.5. The summed E-state index contributed by atoms with van der Waals surface area (Å²) in [6, 6.07) is -0.871. The van der Waals surface area contributed by atoms with Crippen molar-refractivity contribution in [3.05, 3.63) is 48.6 Å². The lowest BCUT2D eigenvalue weighted by atomic mass is 10.0. The maximum Gasteiger partial charge on any atom is 0.472 e. The lowest BCUT2D eigenvalue weighted by Gasteiger charge is -2.25.